The summed E-state index contributed by atoms with van der Waals surface area (Å²) in [5.41, 5.74) is 6.90. The molecule has 0 aliphatic carbocycles. The van der Waals surface area contributed by atoms with Gasteiger partial charge in [-0.15, -0.1) is 0 Å². The highest BCUT2D eigenvalue weighted by Crippen LogP contribution is 2.05. The molecule has 10 heteroatoms. The van der Waals surface area contributed by atoms with Crippen molar-refractivity contribution in [2.45, 2.75) is 37.8 Å². The first-order valence-electron chi connectivity index (χ1n) is 10.0. The quantitative estimate of drug-likeness (QED) is 0.263. The largest absolute Gasteiger partial charge is 0.348 e. The Kier molecular flexibility index (Phi) is 9.89. The summed E-state index contributed by atoms with van der Waals surface area (Å²) in [4.78, 5) is 55.1. The first-order chi connectivity index (χ1) is 15.0. The van der Waals surface area contributed by atoms with Crippen LogP contribution < -0.4 is 21.7 Å². The lowest BCUT2D eigenvalue weighted by Crippen LogP contribution is -2.53. The third kappa shape index (κ3) is 8.79. The molecule has 1 aromatic heterocycles. The van der Waals surface area contributed by atoms with Gasteiger partial charge in [0.1, 0.15) is 12.3 Å². The van der Waals surface area contributed by atoms with E-state index in [1.165, 1.54) is 6.33 Å². The molecule has 0 spiro atoms. The molecule has 0 fully saturated rings. The van der Waals surface area contributed by atoms with E-state index in [2.05, 4.69) is 25.9 Å². The number of nitrogens with one attached hydrogen (secondary N) is 4. The number of H-pyrrole nitrogens is 1. The number of benzene rings is 1. The molecule has 10 nitrogen and oxygen atoms in total. The number of rotatable bonds is 13. The van der Waals surface area contributed by atoms with Crippen LogP contribution in [0.4, 0.5) is 0 Å². The maximum absolute atomic E-state index is 12.8. The summed E-state index contributed by atoms with van der Waals surface area (Å²) in [7, 11) is 0. The van der Waals surface area contributed by atoms with Gasteiger partial charge in [-0.05, 0) is 18.5 Å². The molecule has 1 heterocycles. The normalized spacial score (nSPS) is 12.4. The Labute approximate surface area is 180 Å². The van der Waals surface area contributed by atoms with Crippen LogP contribution in [0.5, 0.6) is 0 Å². The summed E-state index contributed by atoms with van der Waals surface area (Å²) in [6, 6.07) is 7.48. The Morgan fingerprint density at radius 3 is 2.52 bits per heavy atom. The molecule has 3 amide bonds. The highest BCUT2D eigenvalue weighted by Gasteiger charge is 2.24. The van der Waals surface area contributed by atoms with E-state index in [4.69, 9.17) is 5.73 Å². The minimum Gasteiger partial charge on any atom is -0.348 e. The molecule has 2 rings (SSSR count). The zero-order valence-corrected chi connectivity index (χ0v) is 17.2. The second-order valence-corrected chi connectivity index (χ2v) is 7.01. The van der Waals surface area contributed by atoms with E-state index in [1.54, 1.807) is 6.20 Å². The minimum atomic E-state index is -0.917. The number of carbonyl (C=O) groups is 4. The van der Waals surface area contributed by atoms with Crippen molar-refractivity contribution in [3.63, 3.8) is 0 Å². The van der Waals surface area contributed by atoms with Crippen molar-refractivity contribution >= 4 is 24.0 Å². The molecule has 0 saturated carbocycles. The van der Waals surface area contributed by atoms with Gasteiger partial charge in [-0.3, -0.25) is 14.4 Å². The van der Waals surface area contributed by atoms with E-state index in [9.17, 15) is 19.2 Å². The van der Waals surface area contributed by atoms with Crippen LogP contribution >= 0.6 is 0 Å². The predicted molar refractivity (Wildman–Crippen MR) is 114 cm³/mol. The number of aromatic nitrogens is 2. The van der Waals surface area contributed by atoms with Gasteiger partial charge in [0.15, 0.2) is 0 Å². The molecule has 0 saturated heterocycles. The fraction of sp³-hybridized carbons (Fsp3) is 0.381. The second kappa shape index (κ2) is 12.9. The van der Waals surface area contributed by atoms with Crippen molar-refractivity contribution in [1.29, 1.82) is 0 Å². The number of carbonyl (C=O) groups excluding carboxylic acids is 4. The fourth-order valence-corrected chi connectivity index (χ4v) is 2.88. The second-order valence-electron chi connectivity index (χ2n) is 7.01. The standard InChI is InChI=1S/C21H28N6O4/c22-8-4-7-19(29)24-12-20(30)27-18(9-15-5-2-1-3-6-15)21(31)26-17(13-28)10-16-11-23-14-25-16/h1-3,5-6,11,13-14,17-18H,4,7-10,12,22H2,(H,23,25)(H,24,29)(H,26,31)(H,27,30)/t17-,18-/m0/s1. The molecule has 2 aromatic rings. The van der Waals surface area contributed by atoms with E-state index in [0.717, 1.165) is 5.56 Å². The van der Waals surface area contributed by atoms with Gasteiger partial charge in [0.25, 0.3) is 0 Å². The summed E-state index contributed by atoms with van der Waals surface area (Å²) in [6.45, 7) is 0.128. The van der Waals surface area contributed by atoms with Crippen LogP contribution in [-0.2, 0) is 32.0 Å². The summed E-state index contributed by atoms with van der Waals surface area (Å²) in [6.07, 6.45) is 4.92. The molecule has 0 bridgehead atoms. The number of aromatic amines is 1. The average molecular weight is 428 g/mol. The van der Waals surface area contributed by atoms with Crippen LogP contribution in [0.3, 0.4) is 0 Å². The number of hydrogen-bond acceptors (Lipinski definition) is 6. The molecule has 6 N–H and O–H groups in total. The highest BCUT2D eigenvalue weighted by atomic mass is 16.2. The Hall–Kier alpha value is -3.53. The number of nitrogens with zero attached hydrogens (tertiary/aromatic N) is 1. The van der Waals surface area contributed by atoms with Gasteiger partial charge in [0.2, 0.25) is 17.7 Å². The van der Waals surface area contributed by atoms with E-state index in [0.29, 0.717) is 24.9 Å². The molecule has 166 valence electrons. The summed E-state index contributed by atoms with van der Waals surface area (Å²) >= 11 is 0. The van der Waals surface area contributed by atoms with Crippen molar-refractivity contribution in [1.82, 2.24) is 25.9 Å². The van der Waals surface area contributed by atoms with Crippen LogP contribution in [-0.4, -0.2) is 59.1 Å². The maximum Gasteiger partial charge on any atom is 0.243 e. The molecule has 0 aliphatic heterocycles. The summed E-state index contributed by atoms with van der Waals surface area (Å²) < 4.78 is 0. The monoisotopic (exact) mass is 428 g/mol. The van der Waals surface area contributed by atoms with Crippen molar-refractivity contribution in [3.05, 3.63) is 54.1 Å². The maximum atomic E-state index is 12.8. The van der Waals surface area contributed by atoms with Gasteiger partial charge in [-0.1, -0.05) is 30.3 Å². The molecule has 1 aromatic carbocycles. The number of hydrogen-bond donors (Lipinski definition) is 5. The minimum absolute atomic E-state index is 0.228. The van der Waals surface area contributed by atoms with Crippen LogP contribution in [0.1, 0.15) is 24.1 Å². The Bertz CT molecular complexity index is 841. The number of nitrogens with two attached hydrogens (primary N) is 1. The van der Waals surface area contributed by atoms with E-state index in [1.807, 2.05) is 30.3 Å². The van der Waals surface area contributed by atoms with Crippen molar-refractivity contribution in [3.8, 4) is 0 Å². The topological polar surface area (TPSA) is 159 Å². The van der Waals surface area contributed by atoms with Crippen LogP contribution in [0.2, 0.25) is 0 Å². The van der Waals surface area contributed by atoms with Crippen LogP contribution in [0.25, 0.3) is 0 Å². The molecule has 0 aliphatic rings. The SMILES string of the molecule is NCCCC(=O)NCC(=O)N[C@@H](Cc1ccccc1)C(=O)N[C@H](C=O)Cc1cnc[nH]1. The lowest BCUT2D eigenvalue weighted by atomic mass is 10.0. The smallest absolute Gasteiger partial charge is 0.243 e. The first-order valence-corrected chi connectivity index (χ1v) is 10.0. The Balaban J connectivity index is 1.99. The van der Waals surface area contributed by atoms with Gasteiger partial charge < -0.3 is 31.5 Å². The average Bonchev–Trinajstić information content (AvgIpc) is 3.29. The van der Waals surface area contributed by atoms with Crippen molar-refractivity contribution in [2.24, 2.45) is 5.73 Å². The molecular weight excluding hydrogens is 400 g/mol. The molecular formula is C21H28N6O4. The van der Waals surface area contributed by atoms with Crippen molar-refractivity contribution < 1.29 is 19.2 Å². The Morgan fingerprint density at radius 2 is 1.87 bits per heavy atom. The van der Waals surface area contributed by atoms with Gasteiger partial charge in [0, 0.05) is 31.2 Å². The van der Waals surface area contributed by atoms with Crippen molar-refractivity contribution in [2.75, 3.05) is 13.1 Å². The number of imidazole rings is 1. The third-order valence-corrected chi connectivity index (χ3v) is 4.48. The number of aldehydes is 1. The van der Waals surface area contributed by atoms with E-state index in [-0.39, 0.29) is 31.7 Å². The van der Waals surface area contributed by atoms with Crippen LogP contribution in [0.15, 0.2) is 42.9 Å². The predicted octanol–water partition coefficient (Wildman–Crippen LogP) is -0.781. The van der Waals surface area contributed by atoms with E-state index >= 15 is 0 Å². The lowest BCUT2D eigenvalue weighted by Gasteiger charge is -2.21. The van der Waals surface area contributed by atoms with Gasteiger partial charge in [-0.25, -0.2) is 4.98 Å². The zero-order valence-electron chi connectivity index (χ0n) is 17.2. The number of amides is 3. The molecule has 0 unspecified atom stereocenters. The van der Waals surface area contributed by atoms with Gasteiger partial charge in [-0.2, -0.15) is 0 Å². The third-order valence-electron chi connectivity index (χ3n) is 4.48. The Morgan fingerprint density at radius 1 is 1.10 bits per heavy atom. The van der Waals surface area contributed by atoms with Gasteiger partial charge in [0.05, 0.1) is 18.9 Å². The zero-order chi connectivity index (χ0) is 22.5. The molecule has 0 radical (unpaired) electrons. The summed E-state index contributed by atoms with van der Waals surface area (Å²) in [5.74, 6) is -1.29. The first kappa shape index (κ1) is 23.7. The summed E-state index contributed by atoms with van der Waals surface area (Å²) in [5, 5.41) is 7.79. The van der Waals surface area contributed by atoms with Crippen LogP contribution in [0, 0.1) is 0 Å². The van der Waals surface area contributed by atoms with E-state index < -0.39 is 23.9 Å². The molecule has 2 atom stereocenters. The van der Waals surface area contributed by atoms with Gasteiger partial charge >= 0.3 is 0 Å². The highest BCUT2D eigenvalue weighted by molar-refractivity contribution is 5.91. The fourth-order valence-electron chi connectivity index (χ4n) is 2.88. The lowest BCUT2D eigenvalue weighted by molar-refractivity contribution is -0.130. The molecule has 31 heavy (non-hydrogen) atoms.